The summed E-state index contributed by atoms with van der Waals surface area (Å²) in [4.78, 5) is 37.0. The van der Waals surface area contributed by atoms with Crippen molar-refractivity contribution >= 4 is 11.6 Å². The molecular formula is C14H14FN3O3. The third-order valence-electron chi connectivity index (χ3n) is 2.93. The molecule has 0 unspecified atom stereocenters. The Morgan fingerprint density at radius 2 is 2.05 bits per heavy atom. The van der Waals surface area contributed by atoms with Crippen LogP contribution in [0.2, 0.25) is 0 Å². The van der Waals surface area contributed by atoms with E-state index in [1.165, 1.54) is 24.4 Å². The Hall–Kier alpha value is -2.70. The van der Waals surface area contributed by atoms with E-state index in [4.69, 9.17) is 0 Å². The van der Waals surface area contributed by atoms with E-state index in [0.29, 0.717) is 12.0 Å². The van der Waals surface area contributed by atoms with Crippen molar-refractivity contribution in [3.05, 3.63) is 62.7 Å². The number of anilines is 1. The maximum Gasteiger partial charge on any atom is 0.328 e. The summed E-state index contributed by atoms with van der Waals surface area (Å²) in [5.74, 6) is -1.12. The zero-order valence-corrected chi connectivity index (χ0v) is 11.4. The zero-order chi connectivity index (χ0) is 15.4. The number of aromatic nitrogens is 2. The molecule has 0 atom stereocenters. The number of nitrogens with zero attached hydrogens (tertiary/aromatic N) is 1. The molecule has 0 saturated heterocycles. The van der Waals surface area contributed by atoms with Gasteiger partial charge >= 0.3 is 5.69 Å². The number of H-pyrrole nitrogens is 1. The van der Waals surface area contributed by atoms with Crippen LogP contribution in [0.25, 0.3) is 0 Å². The van der Waals surface area contributed by atoms with Crippen LogP contribution in [0.4, 0.5) is 10.1 Å². The van der Waals surface area contributed by atoms with Gasteiger partial charge in [0.25, 0.3) is 5.56 Å². The molecule has 1 aromatic heterocycles. The van der Waals surface area contributed by atoms with E-state index in [0.717, 1.165) is 4.57 Å². The number of hydrogen-bond acceptors (Lipinski definition) is 3. The Balaban J connectivity index is 2.19. The average Bonchev–Trinajstić information content (AvgIpc) is 2.44. The number of amides is 1. The van der Waals surface area contributed by atoms with Crippen molar-refractivity contribution < 1.29 is 9.18 Å². The predicted octanol–water partition coefficient (Wildman–Crippen LogP) is 0.877. The van der Waals surface area contributed by atoms with E-state index < -0.39 is 23.0 Å². The van der Waals surface area contributed by atoms with E-state index in [2.05, 4.69) is 10.3 Å². The Kier molecular flexibility index (Phi) is 4.32. The first-order valence-electron chi connectivity index (χ1n) is 6.38. The van der Waals surface area contributed by atoms with Crippen molar-refractivity contribution in [3.8, 4) is 0 Å². The van der Waals surface area contributed by atoms with Crippen molar-refractivity contribution in [2.75, 3.05) is 5.32 Å². The van der Waals surface area contributed by atoms with Crippen LogP contribution in [0.1, 0.15) is 12.5 Å². The summed E-state index contributed by atoms with van der Waals surface area (Å²) in [6.45, 7) is 1.45. The first kappa shape index (κ1) is 14.7. The first-order valence-corrected chi connectivity index (χ1v) is 6.38. The molecule has 0 saturated carbocycles. The molecule has 0 aliphatic carbocycles. The molecule has 0 aliphatic rings. The fourth-order valence-electron chi connectivity index (χ4n) is 1.83. The molecule has 21 heavy (non-hydrogen) atoms. The monoisotopic (exact) mass is 291 g/mol. The third kappa shape index (κ3) is 3.44. The minimum absolute atomic E-state index is 0.0377. The third-order valence-corrected chi connectivity index (χ3v) is 2.93. The minimum atomic E-state index is -0.680. The smallest absolute Gasteiger partial charge is 0.322 e. The van der Waals surface area contributed by atoms with Gasteiger partial charge in [-0.3, -0.25) is 19.1 Å². The van der Waals surface area contributed by atoms with Crippen molar-refractivity contribution in [1.29, 1.82) is 0 Å². The largest absolute Gasteiger partial charge is 0.328 e. The van der Waals surface area contributed by atoms with Gasteiger partial charge in [0.1, 0.15) is 12.4 Å². The summed E-state index contributed by atoms with van der Waals surface area (Å²) >= 11 is 0. The molecule has 2 aromatic rings. The van der Waals surface area contributed by atoms with Crippen molar-refractivity contribution in [2.24, 2.45) is 0 Å². The molecule has 0 aliphatic heterocycles. The first-order chi connectivity index (χ1) is 10.0. The molecule has 0 radical (unpaired) electrons. The topological polar surface area (TPSA) is 84.0 Å². The second-order valence-electron chi connectivity index (χ2n) is 4.42. The van der Waals surface area contributed by atoms with Gasteiger partial charge in [-0.25, -0.2) is 9.18 Å². The van der Waals surface area contributed by atoms with E-state index in [1.54, 1.807) is 13.0 Å². The van der Waals surface area contributed by atoms with Gasteiger partial charge < -0.3 is 5.32 Å². The lowest BCUT2D eigenvalue weighted by Gasteiger charge is -2.08. The molecule has 110 valence electrons. The van der Waals surface area contributed by atoms with Gasteiger partial charge in [0.05, 0.1) is 5.69 Å². The zero-order valence-electron chi connectivity index (χ0n) is 11.4. The van der Waals surface area contributed by atoms with Gasteiger partial charge in [-0.15, -0.1) is 0 Å². The molecule has 1 heterocycles. The predicted molar refractivity (Wildman–Crippen MR) is 75.7 cm³/mol. The summed E-state index contributed by atoms with van der Waals surface area (Å²) < 4.78 is 14.5. The summed E-state index contributed by atoms with van der Waals surface area (Å²) in [6, 6.07) is 5.72. The Bertz CT molecular complexity index is 780. The standard InChI is InChI=1S/C14H14FN3O3/c1-2-9-7-18(14(21)17-13(9)20)8-12(19)16-11-6-4-3-5-10(11)15/h3-7H,2,8H2,1H3,(H,16,19)(H,17,20,21). The number of aryl methyl sites for hydroxylation is 1. The van der Waals surface area contributed by atoms with Crippen LogP contribution in [0.15, 0.2) is 40.1 Å². The molecular weight excluding hydrogens is 277 g/mol. The van der Waals surface area contributed by atoms with E-state index in [9.17, 15) is 18.8 Å². The maximum absolute atomic E-state index is 13.4. The Morgan fingerprint density at radius 3 is 2.71 bits per heavy atom. The van der Waals surface area contributed by atoms with Crippen LogP contribution >= 0.6 is 0 Å². The van der Waals surface area contributed by atoms with Gasteiger partial charge in [0, 0.05) is 11.8 Å². The number of nitrogens with one attached hydrogen (secondary N) is 2. The molecule has 0 bridgehead atoms. The number of para-hydroxylation sites is 1. The van der Waals surface area contributed by atoms with Crippen LogP contribution in [0.5, 0.6) is 0 Å². The summed E-state index contributed by atoms with van der Waals surface area (Å²) in [7, 11) is 0. The normalized spacial score (nSPS) is 10.4. The molecule has 0 fully saturated rings. The lowest BCUT2D eigenvalue weighted by atomic mass is 10.2. The number of benzene rings is 1. The second-order valence-corrected chi connectivity index (χ2v) is 4.42. The summed E-state index contributed by atoms with van der Waals surface area (Å²) in [5, 5.41) is 2.37. The van der Waals surface area contributed by atoms with Crippen LogP contribution in [0.3, 0.4) is 0 Å². The highest BCUT2D eigenvalue weighted by atomic mass is 19.1. The second kappa shape index (κ2) is 6.17. The highest BCUT2D eigenvalue weighted by Gasteiger charge is 2.09. The highest BCUT2D eigenvalue weighted by Crippen LogP contribution is 2.12. The SMILES string of the molecule is CCc1cn(CC(=O)Nc2ccccc2F)c(=O)[nH]c1=O. The number of halogens is 1. The molecule has 7 heteroatoms. The minimum Gasteiger partial charge on any atom is -0.322 e. The van der Waals surface area contributed by atoms with Gasteiger partial charge in [-0.2, -0.15) is 0 Å². The maximum atomic E-state index is 13.4. The number of carbonyl (C=O) groups is 1. The lowest BCUT2D eigenvalue weighted by molar-refractivity contribution is -0.116. The van der Waals surface area contributed by atoms with Crippen LogP contribution in [0, 0.1) is 5.82 Å². The lowest BCUT2D eigenvalue weighted by Crippen LogP contribution is -2.34. The number of carbonyl (C=O) groups excluding carboxylic acids is 1. The molecule has 1 aromatic carbocycles. The van der Waals surface area contributed by atoms with Gasteiger partial charge in [0.15, 0.2) is 0 Å². The summed E-state index contributed by atoms with van der Waals surface area (Å²) in [5.41, 5.74) is -0.710. The van der Waals surface area contributed by atoms with Crippen molar-refractivity contribution in [2.45, 2.75) is 19.9 Å². The van der Waals surface area contributed by atoms with Crippen molar-refractivity contribution in [1.82, 2.24) is 9.55 Å². The fraction of sp³-hybridized carbons (Fsp3) is 0.214. The highest BCUT2D eigenvalue weighted by molar-refractivity contribution is 5.90. The quantitative estimate of drug-likeness (QED) is 0.877. The van der Waals surface area contributed by atoms with Crippen LogP contribution < -0.4 is 16.6 Å². The van der Waals surface area contributed by atoms with E-state index >= 15 is 0 Å². The molecule has 0 spiro atoms. The van der Waals surface area contributed by atoms with Crippen molar-refractivity contribution in [3.63, 3.8) is 0 Å². The summed E-state index contributed by atoms with van der Waals surface area (Å²) in [6.07, 6.45) is 1.77. The molecule has 2 rings (SSSR count). The number of rotatable bonds is 4. The van der Waals surface area contributed by atoms with Gasteiger partial charge in [0.2, 0.25) is 5.91 Å². The molecule has 1 amide bonds. The van der Waals surface area contributed by atoms with Gasteiger partial charge in [-0.05, 0) is 18.6 Å². The van der Waals surface area contributed by atoms with E-state index in [-0.39, 0.29) is 12.2 Å². The van der Waals surface area contributed by atoms with Gasteiger partial charge in [-0.1, -0.05) is 19.1 Å². The molecule has 6 nitrogen and oxygen atoms in total. The molecule has 2 N–H and O–H groups in total. The van der Waals surface area contributed by atoms with Crippen LogP contribution in [-0.4, -0.2) is 15.5 Å². The van der Waals surface area contributed by atoms with E-state index in [1.807, 2.05) is 0 Å². The number of hydrogen-bond donors (Lipinski definition) is 2. The van der Waals surface area contributed by atoms with Crippen LogP contribution in [-0.2, 0) is 17.8 Å². The fourth-order valence-corrected chi connectivity index (χ4v) is 1.83. The number of aromatic amines is 1. The average molecular weight is 291 g/mol. The Morgan fingerprint density at radius 1 is 1.33 bits per heavy atom. The Labute approximate surface area is 119 Å².